The topological polar surface area (TPSA) is 38.3 Å². The molecule has 0 aromatic heterocycles. The standard InChI is InChI=1S/C7H12ClNO2/c1-7(2,4-8)5-3-11-6(10)9-5/h5H,3-4H2,1-2H3,(H,9,10). The van der Waals surface area contributed by atoms with E-state index in [9.17, 15) is 4.79 Å². The molecule has 1 atom stereocenters. The van der Waals surface area contributed by atoms with Gasteiger partial charge < -0.3 is 10.1 Å². The molecule has 0 radical (unpaired) electrons. The van der Waals surface area contributed by atoms with Gasteiger partial charge in [-0.3, -0.25) is 0 Å². The van der Waals surface area contributed by atoms with Crippen molar-refractivity contribution >= 4 is 17.7 Å². The Kier molecular flexibility index (Phi) is 2.28. The summed E-state index contributed by atoms with van der Waals surface area (Å²) in [6.07, 6.45) is -0.340. The first-order valence-corrected chi connectivity index (χ1v) is 4.09. The Morgan fingerprint density at radius 2 is 2.45 bits per heavy atom. The van der Waals surface area contributed by atoms with E-state index in [1.165, 1.54) is 0 Å². The molecule has 1 amide bonds. The van der Waals surface area contributed by atoms with Crippen molar-refractivity contribution in [3.8, 4) is 0 Å². The Balaban J connectivity index is 2.55. The van der Waals surface area contributed by atoms with Crippen LogP contribution in [0, 0.1) is 5.41 Å². The minimum atomic E-state index is -0.340. The Bertz CT molecular complexity index is 170. The molecule has 64 valence electrons. The quantitative estimate of drug-likeness (QED) is 0.647. The number of alkyl carbamates (subject to hydrolysis) is 1. The van der Waals surface area contributed by atoms with Gasteiger partial charge in [0.1, 0.15) is 6.61 Å². The zero-order valence-electron chi connectivity index (χ0n) is 6.69. The number of ether oxygens (including phenoxy) is 1. The first kappa shape index (κ1) is 8.65. The first-order chi connectivity index (χ1) is 5.06. The van der Waals surface area contributed by atoms with Crippen LogP contribution in [0.15, 0.2) is 0 Å². The van der Waals surface area contributed by atoms with E-state index in [2.05, 4.69) is 5.32 Å². The van der Waals surface area contributed by atoms with E-state index < -0.39 is 0 Å². The number of rotatable bonds is 2. The van der Waals surface area contributed by atoms with Crippen molar-refractivity contribution in [2.24, 2.45) is 5.41 Å². The third-order valence-corrected chi connectivity index (χ3v) is 2.65. The van der Waals surface area contributed by atoms with Gasteiger partial charge in [0.05, 0.1) is 6.04 Å². The lowest BCUT2D eigenvalue weighted by molar-refractivity contribution is 0.172. The fourth-order valence-electron chi connectivity index (χ4n) is 0.899. The van der Waals surface area contributed by atoms with Gasteiger partial charge in [0.25, 0.3) is 0 Å². The summed E-state index contributed by atoms with van der Waals surface area (Å²) in [5, 5.41) is 2.70. The molecule has 3 nitrogen and oxygen atoms in total. The molecule has 1 rings (SSSR count). The predicted molar refractivity (Wildman–Crippen MR) is 42.8 cm³/mol. The van der Waals surface area contributed by atoms with Gasteiger partial charge in [0.2, 0.25) is 0 Å². The monoisotopic (exact) mass is 177 g/mol. The summed E-state index contributed by atoms with van der Waals surface area (Å²) in [6, 6.07) is 0.0486. The van der Waals surface area contributed by atoms with Gasteiger partial charge in [-0.2, -0.15) is 0 Å². The van der Waals surface area contributed by atoms with Crippen molar-refractivity contribution in [2.75, 3.05) is 12.5 Å². The number of amides is 1. The van der Waals surface area contributed by atoms with Crippen LogP contribution in [0.5, 0.6) is 0 Å². The van der Waals surface area contributed by atoms with Gasteiger partial charge in [0.15, 0.2) is 0 Å². The predicted octanol–water partition coefficient (Wildman–Crippen LogP) is 1.36. The average Bonchev–Trinajstić information content (AvgIpc) is 2.36. The van der Waals surface area contributed by atoms with Crippen LogP contribution in [-0.2, 0) is 4.74 Å². The van der Waals surface area contributed by atoms with Crippen molar-refractivity contribution < 1.29 is 9.53 Å². The third-order valence-electron chi connectivity index (χ3n) is 1.96. The molecule has 0 aliphatic carbocycles. The van der Waals surface area contributed by atoms with E-state index >= 15 is 0 Å². The van der Waals surface area contributed by atoms with Gasteiger partial charge in [-0.05, 0) is 0 Å². The maximum Gasteiger partial charge on any atom is 0.407 e. The fraction of sp³-hybridized carbons (Fsp3) is 0.857. The van der Waals surface area contributed by atoms with E-state index in [-0.39, 0.29) is 17.6 Å². The Morgan fingerprint density at radius 1 is 1.82 bits per heavy atom. The molecular formula is C7H12ClNO2. The summed E-state index contributed by atoms with van der Waals surface area (Å²) < 4.78 is 4.74. The molecule has 1 saturated heterocycles. The summed E-state index contributed by atoms with van der Waals surface area (Å²) in [5.74, 6) is 0.515. The first-order valence-electron chi connectivity index (χ1n) is 3.55. The summed E-state index contributed by atoms with van der Waals surface area (Å²) in [4.78, 5) is 10.6. The van der Waals surface area contributed by atoms with E-state index in [0.717, 1.165) is 0 Å². The third kappa shape index (κ3) is 1.77. The molecular weight excluding hydrogens is 166 g/mol. The van der Waals surface area contributed by atoms with Gasteiger partial charge in [0, 0.05) is 11.3 Å². The van der Waals surface area contributed by atoms with E-state index in [1.54, 1.807) is 0 Å². The van der Waals surface area contributed by atoms with Crippen LogP contribution in [0.1, 0.15) is 13.8 Å². The molecule has 1 N–H and O–H groups in total. The largest absolute Gasteiger partial charge is 0.447 e. The number of hydrogen-bond acceptors (Lipinski definition) is 2. The number of cyclic esters (lactones) is 1. The van der Waals surface area contributed by atoms with Gasteiger partial charge in [-0.1, -0.05) is 13.8 Å². The minimum Gasteiger partial charge on any atom is -0.447 e. The number of carbonyl (C=O) groups is 1. The number of hydrogen-bond donors (Lipinski definition) is 1. The maximum absolute atomic E-state index is 10.6. The second-order valence-electron chi connectivity index (χ2n) is 3.42. The van der Waals surface area contributed by atoms with Crippen LogP contribution >= 0.6 is 11.6 Å². The van der Waals surface area contributed by atoms with Crippen LogP contribution in [0.25, 0.3) is 0 Å². The summed E-state index contributed by atoms with van der Waals surface area (Å²) >= 11 is 5.71. The molecule has 1 fully saturated rings. The fourth-order valence-corrected chi connectivity index (χ4v) is 1.08. The number of alkyl halides is 1. The SMILES string of the molecule is CC(C)(CCl)C1COC(=O)N1. The zero-order chi connectivity index (χ0) is 8.48. The second kappa shape index (κ2) is 2.89. The van der Waals surface area contributed by atoms with Gasteiger partial charge >= 0.3 is 6.09 Å². The molecule has 1 unspecified atom stereocenters. The lowest BCUT2D eigenvalue weighted by Crippen LogP contribution is -2.41. The Hall–Kier alpha value is -0.440. The van der Waals surface area contributed by atoms with Crippen LogP contribution in [-0.4, -0.2) is 24.6 Å². The van der Waals surface area contributed by atoms with Crippen molar-refractivity contribution in [1.29, 1.82) is 0 Å². The maximum atomic E-state index is 10.6. The van der Waals surface area contributed by atoms with Gasteiger partial charge in [-0.15, -0.1) is 11.6 Å². The normalized spacial score (nSPS) is 24.6. The second-order valence-corrected chi connectivity index (χ2v) is 3.68. The molecule has 11 heavy (non-hydrogen) atoms. The molecule has 1 aliphatic rings. The number of carbonyl (C=O) groups excluding carboxylic acids is 1. The van der Waals surface area contributed by atoms with Crippen molar-refractivity contribution in [1.82, 2.24) is 5.32 Å². The highest BCUT2D eigenvalue weighted by Crippen LogP contribution is 2.24. The lowest BCUT2D eigenvalue weighted by atomic mass is 9.87. The highest BCUT2D eigenvalue weighted by Gasteiger charge is 2.35. The molecule has 0 aromatic rings. The van der Waals surface area contributed by atoms with Crippen LogP contribution in [0.2, 0.25) is 0 Å². The lowest BCUT2D eigenvalue weighted by Gasteiger charge is -2.26. The van der Waals surface area contributed by atoms with Crippen molar-refractivity contribution in [2.45, 2.75) is 19.9 Å². The molecule has 0 aromatic carbocycles. The highest BCUT2D eigenvalue weighted by molar-refractivity contribution is 6.18. The van der Waals surface area contributed by atoms with E-state index in [4.69, 9.17) is 16.3 Å². The van der Waals surface area contributed by atoms with Crippen molar-refractivity contribution in [3.05, 3.63) is 0 Å². The molecule has 4 heteroatoms. The van der Waals surface area contributed by atoms with Crippen LogP contribution in [0.4, 0.5) is 4.79 Å². The molecule has 1 aliphatic heterocycles. The Morgan fingerprint density at radius 3 is 2.82 bits per heavy atom. The molecule has 0 saturated carbocycles. The molecule has 1 heterocycles. The van der Waals surface area contributed by atoms with Crippen LogP contribution < -0.4 is 5.32 Å². The summed E-state index contributed by atoms with van der Waals surface area (Å²) in [7, 11) is 0. The zero-order valence-corrected chi connectivity index (χ0v) is 7.44. The summed E-state index contributed by atoms with van der Waals surface area (Å²) in [6.45, 7) is 4.43. The molecule has 0 spiro atoms. The minimum absolute atomic E-state index is 0.0486. The van der Waals surface area contributed by atoms with Crippen LogP contribution in [0.3, 0.4) is 0 Å². The van der Waals surface area contributed by atoms with Gasteiger partial charge in [-0.25, -0.2) is 4.79 Å². The summed E-state index contributed by atoms with van der Waals surface area (Å²) in [5.41, 5.74) is -0.0896. The van der Waals surface area contributed by atoms with E-state index in [1.807, 2.05) is 13.8 Å². The number of nitrogens with one attached hydrogen (secondary N) is 1. The Labute approximate surface area is 71.1 Å². The average molecular weight is 178 g/mol. The highest BCUT2D eigenvalue weighted by atomic mass is 35.5. The van der Waals surface area contributed by atoms with Crippen molar-refractivity contribution in [3.63, 3.8) is 0 Å². The smallest absolute Gasteiger partial charge is 0.407 e. The van der Waals surface area contributed by atoms with E-state index in [0.29, 0.717) is 12.5 Å². The number of halogens is 1. The molecule has 0 bridgehead atoms.